The van der Waals surface area contributed by atoms with E-state index in [1.807, 2.05) is 12.1 Å². The molecule has 1 saturated heterocycles. The van der Waals surface area contributed by atoms with Crippen LogP contribution < -0.4 is 0 Å². The van der Waals surface area contributed by atoms with Gasteiger partial charge < -0.3 is 4.90 Å². The second-order valence-electron chi connectivity index (χ2n) is 4.61. The summed E-state index contributed by atoms with van der Waals surface area (Å²) >= 11 is 0. The van der Waals surface area contributed by atoms with E-state index >= 15 is 0 Å². The van der Waals surface area contributed by atoms with Gasteiger partial charge in [-0.3, -0.25) is 4.79 Å². The smallest absolute Gasteiger partial charge is 0.135 e. The van der Waals surface area contributed by atoms with Gasteiger partial charge in [0.25, 0.3) is 0 Å². The lowest BCUT2D eigenvalue weighted by atomic mass is 10.1. The Morgan fingerprint density at radius 1 is 1.12 bits per heavy atom. The predicted molar refractivity (Wildman–Crippen MR) is 65.4 cm³/mol. The van der Waals surface area contributed by atoms with E-state index in [0.29, 0.717) is 18.6 Å². The minimum atomic E-state index is -0.178. The lowest BCUT2D eigenvalue weighted by molar-refractivity contribution is -0.121. The highest BCUT2D eigenvalue weighted by Gasteiger charge is 2.14. The minimum Gasteiger partial charge on any atom is -0.302 e. The summed E-state index contributed by atoms with van der Waals surface area (Å²) in [5, 5.41) is 0. The van der Waals surface area contributed by atoms with Crippen molar-refractivity contribution in [3.8, 4) is 0 Å². The molecule has 0 aliphatic carbocycles. The maximum Gasteiger partial charge on any atom is 0.135 e. The average Bonchev–Trinajstić information content (AvgIpc) is 2.34. The lowest BCUT2D eigenvalue weighted by Gasteiger charge is -2.25. The van der Waals surface area contributed by atoms with E-state index in [-0.39, 0.29) is 5.82 Å². The van der Waals surface area contributed by atoms with Gasteiger partial charge in [0.2, 0.25) is 0 Å². The van der Waals surface area contributed by atoms with Crippen molar-refractivity contribution in [2.75, 3.05) is 19.6 Å². The Morgan fingerprint density at radius 3 is 2.41 bits per heavy atom. The Labute approximate surface area is 101 Å². The first-order chi connectivity index (χ1) is 8.24. The number of hydrogen-bond donors (Lipinski definition) is 0. The molecule has 1 aromatic carbocycles. The normalized spacial score (nSPS) is 17.4. The molecule has 1 aromatic rings. The fraction of sp³-hybridized carbons (Fsp3) is 0.500. The molecular formula is C14H18FNO. The summed E-state index contributed by atoms with van der Waals surface area (Å²) in [6, 6.07) is 6.70. The molecule has 92 valence electrons. The van der Waals surface area contributed by atoms with Gasteiger partial charge in [0, 0.05) is 25.9 Å². The molecule has 0 atom stereocenters. The standard InChI is InChI=1S/C14H18FNO/c15-13-5-3-12(4-6-13)2-1-9-16-10-7-14(17)8-11-16/h3-6H,1-2,7-11H2. The molecular weight excluding hydrogens is 217 g/mol. The maximum absolute atomic E-state index is 12.7. The van der Waals surface area contributed by atoms with Crippen LogP contribution in [0, 0.1) is 5.82 Å². The monoisotopic (exact) mass is 235 g/mol. The van der Waals surface area contributed by atoms with Gasteiger partial charge in [-0.15, -0.1) is 0 Å². The Balaban J connectivity index is 1.69. The second-order valence-corrected chi connectivity index (χ2v) is 4.61. The zero-order valence-corrected chi connectivity index (χ0v) is 9.99. The van der Waals surface area contributed by atoms with Crippen LogP contribution in [-0.2, 0) is 11.2 Å². The van der Waals surface area contributed by atoms with E-state index in [1.165, 1.54) is 17.7 Å². The Morgan fingerprint density at radius 2 is 1.76 bits per heavy atom. The third kappa shape index (κ3) is 3.93. The van der Waals surface area contributed by atoms with Crippen LogP contribution in [0.25, 0.3) is 0 Å². The molecule has 0 unspecified atom stereocenters. The predicted octanol–water partition coefficient (Wildman–Crippen LogP) is 2.42. The molecule has 0 N–H and O–H groups in total. The highest BCUT2D eigenvalue weighted by Crippen LogP contribution is 2.09. The number of aryl methyl sites for hydroxylation is 1. The molecule has 3 heteroatoms. The number of halogens is 1. The summed E-state index contributed by atoms with van der Waals surface area (Å²) in [4.78, 5) is 13.4. The lowest BCUT2D eigenvalue weighted by Crippen LogP contribution is -2.34. The average molecular weight is 235 g/mol. The van der Waals surface area contributed by atoms with Crippen molar-refractivity contribution in [1.82, 2.24) is 4.90 Å². The topological polar surface area (TPSA) is 20.3 Å². The molecule has 0 bridgehead atoms. The van der Waals surface area contributed by atoms with Crippen LogP contribution in [-0.4, -0.2) is 30.3 Å². The summed E-state index contributed by atoms with van der Waals surface area (Å²) in [5.41, 5.74) is 1.18. The fourth-order valence-electron chi connectivity index (χ4n) is 2.18. The number of nitrogens with zero attached hydrogens (tertiary/aromatic N) is 1. The SMILES string of the molecule is O=C1CCN(CCCc2ccc(F)cc2)CC1. The van der Waals surface area contributed by atoms with Crippen LogP contribution in [0.2, 0.25) is 0 Å². The van der Waals surface area contributed by atoms with E-state index in [1.54, 1.807) is 0 Å². The summed E-state index contributed by atoms with van der Waals surface area (Å²) in [6.45, 7) is 2.84. The molecule has 0 aromatic heterocycles. The molecule has 0 radical (unpaired) electrons. The highest BCUT2D eigenvalue weighted by atomic mass is 19.1. The van der Waals surface area contributed by atoms with Gasteiger partial charge in [-0.2, -0.15) is 0 Å². The summed E-state index contributed by atoms with van der Waals surface area (Å²) < 4.78 is 12.7. The minimum absolute atomic E-state index is 0.178. The quantitative estimate of drug-likeness (QED) is 0.799. The van der Waals surface area contributed by atoms with Crippen LogP contribution in [0.4, 0.5) is 4.39 Å². The first-order valence-electron chi connectivity index (χ1n) is 6.22. The molecule has 0 spiro atoms. The van der Waals surface area contributed by atoms with Crippen molar-refractivity contribution in [2.24, 2.45) is 0 Å². The molecule has 0 saturated carbocycles. The van der Waals surface area contributed by atoms with Crippen LogP contribution >= 0.6 is 0 Å². The van der Waals surface area contributed by atoms with Gasteiger partial charge in [-0.1, -0.05) is 12.1 Å². The van der Waals surface area contributed by atoms with Gasteiger partial charge in [0.1, 0.15) is 11.6 Å². The van der Waals surface area contributed by atoms with Crippen LogP contribution in [0.15, 0.2) is 24.3 Å². The first-order valence-corrected chi connectivity index (χ1v) is 6.22. The van der Waals surface area contributed by atoms with Crippen molar-refractivity contribution >= 4 is 5.78 Å². The number of likely N-dealkylation sites (tertiary alicyclic amines) is 1. The molecule has 1 aliphatic heterocycles. The van der Waals surface area contributed by atoms with E-state index in [4.69, 9.17) is 0 Å². The zero-order valence-electron chi connectivity index (χ0n) is 9.99. The molecule has 0 amide bonds. The van der Waals surface area contributed by atoms with Gasteiger partial charge in [0.15, 0.2) is 0 Å². The fourth-order valence-corrected chi connectivity index (χ4v) is 2.18. The van der Waals surface area contributed by atoms with Crippen LogP contribution in [0.5, 0.6) is 0 Å². The second kappa shape index (κ2) is 5.92. The molecule has 1 heterocycles. The molecule has 2 rings (SSSR count). The van der Waals surface area contributed by atoms with Gasteiger partial charge in [-0.05, 0) is 37.1 Å². The summed E-state index contributed by atoms with van der Waals surface area (Å²) in [6.07, 6.45) is 3.46. The van der Waals surface area contributed by atoms with Crippen molar-refractivity contribution in [2.45, 2.75) is 25.7 Å². The van der Waals surface area contributed by atoms with E-state index in [9.17, 15) is 9.18 Å². The summed E-state index contributed by atoms with van der Waals surface area (Å²) in [5.74, 6) is 0.211. The number of piperidine rings is 1. The van der Waals surface area contributed by atoms with Crippen molar-refractivity contribution in [3.63, 3.8) is 0 Å². The molecule has 1 aliphatic rings. The highest BCUT2D eigenvalue weighted by molar-refractivity contribution is 5.79. The molecule has 1 fully saturated rings. The zero-order chi connectivity index (χ0) is 12.1. The first kappa shape index (κ1) is 12.2. The molecule has 2 nitrogen and oxygen atoms in total. The Hall–Kier alpha value is -1.22. The Bertz CT molecular complexity index is 364. The number of carbonyl (C=O) groups is 1. The van der Waals surface area contributed by atoms with E-state index < -0.39 is 0 Å². The maximum atomic E-state index is 12.7. The summed E-state index contributed by atoms with van der Waals surface area (Å²) in [7, 11) is 0. The van der Waals surface area contributed by atoms with Gasteiger partial charge in [-0.25, -0.2) is 4.39 Å². The largest absolute Gasteiger partial charge is 0.302 e. The number of carbonyl (C=O) groups excluding carboxylic acids is 1. The Kier molecular flexibility index (Phi) is 4.26. The third-order valence-electron chi connectivity index (χ3n) is 3.27. The van der Waals surface area contributed by atoms with Crippen molar-refractivity contribution < 1.29 is 9.18 Å². The van der Waals surface area contributed by atoms with E-state index in [2.05, 4.69) is 4.90 Å². The number of Topliss-reactive ketones (excluding diaryl/α,β-unsaturated/α-hetero) is 1. The number of rotatable bonds is 4. The number of hydrogen-bond acceptors (Lipinski definition) is 2. The van der Waals surface area contributed by atoms with Crippen molar-refractivity contribution in [3.05, 3.63) is 35.6 Å². The third-order valence-corrected chi connectivity index (χ3v) is 3.27. The molecule has 17 heavy (non-hydrogen) atoms. The van der Waals surface area contributed by atoms with Gasteiger partial charge in [0.05, 0.1) is 0 Å². The van der Waals surface area contributed by atoms with Gasteiger partial charge >= 0.3 is 0 Å². The number of benzene rings is 1. The van der Waals surface area contributed by atoms with Crippen LogP contribution in [0.1, 0.15) is 24.8 Å². The van der Waals surface area contributed by atoms with Crippen LogP contribution in [0.3, 0.4) is 0 Å². The van der Waals surface area contributed by atoms with Crippen molar-refractivity contribution in [1.29, 1.82) is 0 Å². The number of ketones is 1. The van der Waals surface area contributed by atoms with E-state index in [0.717, 1.165) is 32.5 Å².